The van der Waals surface area contributed by atoms with E-state index in [4.69, 9.17) is 11.6 Å². The maximum Gasteiger partial charge on any atom is 0.137 e. The highest BCUT2D eigenvalue weighted by Gasteiger charge is 2.38. The first kappa shape index (κ1) is 16.0. The molecule has 2 rings (SSSR count). The first-order chi connectivity index (χ1) is 9.70. The van der Waals surface area contributed by atoms with Gasteiger partial charge >= 0.3 is 0 Å². The molecule has 1 N–H and O–H groups in total. The monoisotopic (exact) mass is 307 g/mol. The molecule has 0 fully saturated rings. The molecule has 2 unspecified atom stereocenters. The van der Waals surface area contributed by atoms with Crippen molar-refractivity contribution in [3.8, 4) is 0 Å². The van der Waals surface area contributed by atoms with Gasteiger partial charge in [0.05, 0.1) is 6.04 Å². The Morgan fingerprint density at radius 2 is 1.81 bits per heavy atom. The van der Waals surface area contributed by atoms with Gasteiger partial charge in [-0.15, -0.1) is 0 Å². The molecule has 0 aliphatic carbocycles. The van der Waals surface area contributed by atoms with Crippen molar-refractivity contribution in [1.82, 2.24) is 14.8 Å². The Hall–Kier alpha value is -1.39. The van der Waals surface area contributed by atoms with Gasteiger partial charge in [-0.25, -0.2) is 9.67 Å². The Morgan fingerprint density at radius 3 is 2.29 bits per heavy atom. The Balaban J connectivity index is 2.41. The lowest BCUT2D eigenvalue weighted by molar-refractivity contribution is -0.0205. The molecule has 0 saturated heterocycles. The molecular weight excluding hydrogens is 286 g/mol. The lowest BCUT2D eigenvalue weighted by atomic mass is 9.78. The first-order valence-corrected chi connectivity index (χ1v) is 7.40. The molecule has 1 aromatic heterocycles. The molecule has 1 aromatic carbocycles. The van der Waals surface area contributed by atoms with Crippen molar-refractivity contribution >= 4 is 11.6 Å². The van der Waals surface area contributed by atoms with E-state index < -0.39 is 5.60 Å². The Labute approximate surface area is 130 Å². The largest absolute Gasteiger partial charge is 0.383 e. The van der Waals surface area contributed by atoms with Gasteiger partial charge in [0.15, 0.2) is 0 Å². The highest BCUT2D eigenvalue weighted by atomic mass is 35.5. The van der Waals surface area contributed by atoms with Crippen LogP contribution in [0.15, 0.2) is 36.9 Å². The Bertz CT molecular complexity index is 571. The van der Waals surface area contributed by atoms with E-state index in [1.807, 2.05) is 19.1 Å². The summed E-state index contributed by atoms with van der Waals surface area (Å²) in [5.41, 5.74) is -0.199. The zero-order valence-corrected chi connectivity index (χ0v) is 13.7. The van der Waals surface area contributed by atoms with Crippen molar-refractivity contribution in [3.63, 3.8) is 0 Å². The van der Waals surface area contributed by atoms with Gasteiger partial charge < -0.3 is 5.11 Å². The number of nitrogens with zero attached hydrogens (tertiary/aromatic N) is 3. The third kappa shape index (κ3) is 3.83. The third-order valence-corrected chi connectivity index (χ3v) is 3.89. The van der Waals surface area contributed by atoms with E-state index in [0.717, 1.165) is 12.0 Å². The Morgan fingerprint density at radius 1 is 1.19 bits per heavy atom. The minimum Gasteiger partial charge on any atom is -0.383 e. The van der Waals surface area contributed by atoms with Crippen LogP contribution in [0, 0.1) is 5.41 Å². The summed E-state index contributed by atoms with van der Waals surface area (Å²) in [4.78, 5) is 4.01. The number of rotatable bonds is 4. The molecule has 0 radical (unpaired) electrons. The van der Waals surface area contributed by atoms with Crippen LogP contribution in [-0.4, -0.2) is 19.9 Å². The van der Waals surface area contributed by atoms with E-state index in [0.29, 0.717) is 5.02 Å². The smallest absolute Gasteiger partial charge is 0.137 e. The second kappa shape index (κ2) is 5.78. The minimum absolute atomic E-state index is 0.0486. The van der Waals surface area contributed by atoms with Crippen LogP contribution in [0.5, 0.6) is 0 Å². The normalized spacial score (nSPS) is 16.5. The number of hydrogen-bond acceptors (Lipinski definition) is 3. The topological polar surface area (TPSA) is 50.9 Å². The summed E-state index contributed by atoms with van der Waals surface area (Å²) in [5.74, 6) is 0. The molecule has 0 saturated carbocycles. The Kier molecular flexibility index (Phi) is 4.40. The van der Waals surface area contributed by atoms with Crippen LogP contribution in [0.25, 0.3) is 0 Å². The van der Waals surface area contributed by atoms with Crippen LogP contribution in [0.4, 0.5) is 0 Å². The number of benzene rings is 1. The highest BCUT2D eigenvalue weighted by molar-refractivity contribution is 6.30. The van der Waals surface area contributed by atoms with Gasteiger partial charge in [0, 0.05) is 5.02 Å². The number of halogens is 1. The fourth-order valence-corrected chi connectivity index (χ4v) is 2.61. The molecule has 0 amide bonds. The molecule has 2 aromatic rings. The summed E-state index contributed by atoms with van der Waals surface area (Å²) in [6, 6.07) is 7.09. The van der Waals surface area contributed by atoms with E-state index in [2.05, 4.69) is 30.9 Å². The highest BCUT2D eigenvalue weighted by Crippen LogP contribution is 2.40. The third-order valence-electron chi connectivity index (χ3n) is 3.64. The van der Waals surface area contributed by atoms with Crippen molar-refractivity contribution in [2.24, 2.45) is 5.41 Å². The van der Waals surface area contributed by atoms with Crippen molar-refractivity contribution in [1.29, 1.82) is 0 Å². The van der Waals surface area contributed by atoms with E-state index >= 15 is 0 Å². The summed E-state index contributed by atoms with van der Waals surface area (Å²) in [5, 5.41) is 16.0. The van der Waals surface area contributed by atoms with Gasteiger partial charge in [0.2, 0.25) is 0 Å². The standard InChI is InChI=1S/C16H22ClN3O/c1-15(2,3)9-14(20-11-18-10-19-20)16(4,21)12-5-7-13(17)8-6-12/h5-8,10-11,14,21H,9H2,1-4H3. The number of hydrogen-bond donors (Lipinski definition) is 1. The lowest BCUT2D eigenvalue weighted by Crippen LogP contribution is -2.36. The van der Waals surface area contributed by atoms with E-state index in [1.165, 1.54) is 6.33 Å². The van der Waals surface area contributed by atoms with Crippen LogP contribution in [0.2, 0.25) is 5.02 Å². The summed E-state index contributed by atoms with van der Waals surface area (Å²) in [6.07, 6.45) is 3.92. The van der Waals surface area contributed by atoms with Gasteiger partial charge in [-0.3, -0.25) is 0 Å². The summed E-state index contributed by atoms with van der Waals surface area (Å²) in [6.45, 7) is 8.26. The van der Waals surface area contributed by atoms with Gasteiger partial charge in [-0.1, -0.05) is 44.5 Å². The molecule has 0 aliphatic heterocycles. The zero-order chi connectivity index (χ0) is 15.7. The van der Waals surface area contributed by atoms with Crippen molar-refractivity contribution < 1.29 is 5.11 Å². The maximum absolute atomic E-state index is 11.1. The van der Waals surface area contributed by atoms with E-state index in [-0.39, 0.29) is 11.5 Å². The van der Waals surface area contributed by atoms with Gasteiger partial charge in [0.25, 0.3) is 0 Å². The SMILES string of the molecule is CC(C)(C)CC(n1cncn1)C(C)(O)c1ccc(Cl)cc1. The molecule has 0 aliphatic rings. The van der Waals surface area contributed by atoms with Crippen LogP contribution in [0.3, 0.4) is 0 Å². The van der Waals surface area contributed by atoms with Gasteiger partial charge in [0.1, 0.15) is 18.3 Å². The molecule has 0 spiro atoms. The fraction of sp³-hybridized carbons (Fsp3) is 0.500. The first-order valence-electron chi connectivity index (χ1n) is 7.03. The lowest BCUT2D eigenvalue weighted by Gasteiger charge is -2.37. The van der Waals surface area contributed by atoms with Crippen molar-refractivity contribution in [2.45, 2.75) is 45.8 Å². The van der Waals surface area contributed by atoms with Crippen LogP contribution in [0.1, 0.15) is 45.7 Å². The molecule has 5 heteroatoms. The van der Waals surface area contributed by atoms with E-state index in [9.17, 15) is 5.11 Å². The van der Waals surface area contributed by atoms with Crippen LogP contribution < -0.4 is 0 Å². The predicted octanol–water partition coefficient (Wildman–Crippen LogP) is 3.82. The molecule has 0 bridgehead atoms. The van der Waals surface area contributed by atoms with Crippen molar-refractivity contribution in [3.05, 3.63) is 47.5 Å². The summed E-state index contributed by atoms with van der Waals surface area (Å²) in [7, 11) is 0. The summed E-state index contributed by atoms with van der Waals surface area (Å²) >= 11 is 5.94. The average molecular weight is 308 g/mol. The fourth-order valence-electron chi connectivity index (χ4n) is 2.49. The quantitative estimate of drug-likeness (QED) is 0.934. The molecular formula is C16H22ClN3O. The van der Waals surface area contributed by atoms with Gasteiger partial charge in [-0.05, 0) is 36.5 Å². The molecule has 1 heterocycles. The molecule has 2 atom stereocenters. The van der Waals surface area contributed by atoms with Crippen LogP contribution in [-0.2, 0) is 5.60 Å². The summed E-state index contributed by atoms with van der Waals surface area (Å²) < 4.78 is 1.74. The predicted molar refractivity (Wildman–Crippen MR) is 84.2 cm³/mol. The number of aromatic nitrogens is 3. The molecule has 114 valence electrons. The zero-order valence-electron chi connectivity index (χ0n) is 12.9. The van der Waals surface area contributed by atoms with Gasteiger partial charge in [-0.2, -0.15) is 5.10 Å². The van der Waals surface area contributed by atoms with Crippen molar-refractivity contribution in [2.75, 3.05) is 0 Å². The maximum atomic E-state index is 11.1. The van der Waals surface area contributed by atoms with Crippen LogP contribution >= 0.6 is 11.6 Å². The second-order valence-corrected chi connectivity index (χ2v) is 7.25. The van der Waals surface area contributed by atoms with E-state index in [1.54, 1.807) is 23.1 Å². The minimum atomic E-state index is -1.06. The number of aliphatic hydroxyl groups is 1. The molecule has 21 heavy (non-hydrogen) atoms. The molecule has 4 nitrogen and oxygen atoms in total. The second-order valence-electron chi connectivity index (χ2n) is 6.81. The average Bonchev–Trinajstić information content (AvgIpc) is 2.89.